The maximum Gasteiger partial charge on any atom is 0.287 e. The number of pyridine rings is 1. The molecular formula is C15H19N5O2. The molecule has 0 aliphatic carbocycles. The molecule has 0 aromatic carbocycles. The number of rotatable bonds is 7. The summed E-state index contributed by atoms with van der Waals surface area (Å²) in [6, 6.07) is 9.04. The van der Waals surface area contributed by atoms with Gasteiger partial charge in [0, 0.05) is 37.9 Å². The molecule has 116 valence electrons. The van der Waals surface area contributed by atoms with E-state index in [1.807, 2.05) is 18.2 Å². The van der Waals surface area contributed by atoms with Crippen molar-refractivity contribution in [2.75, 3.05) is 19.6 Å². The van der Waals surface area contributed by atoms with E-state index in [2.05, 4.69) is 20.6 Å². The molecule has 0 fully saturated rings. The molecule has 0 radical (unpaired) electrons. The Kier molecular flexibility index (Phi) is 5.98. The summed E-state index contributed by atoms with van der Waals surface area (Å²) in [5, 5.41) is 5.64. The molecule has 0 aliphatic heterocycles. The Bertz CT molecular complexity index is 596. The largest absolute Gasteiger partial charge is 0.459 e. The van der Waals surface area contributed by atoms with Crippen LogP contribution in [0.1, 0.15) is 16.2 Å². The van der Waals surface area contributed by atoms with Crippen LogP contribution in [0.4, 0.5) is 0 Å². The number of nitrogens with two attached hydrogens (primary N) is 1. The van der Waals surface area contributed by atoms with E-state index in [1.54, 1.807) is 18.3 Å². The molecule has 0 bridgehead atoms. The van der Waals surface area contributed by atoms with E-state index in [1.165, 1.54) is 6.26 Å². The number of aromatic nitrogens is 1. The minimum absolute atomic E-state index is 0.252. The highest BCUT2D eigenvalue weighted by atomic mass is 16.3. The van der Waals surface area contributed by atoms with Crippen molar-refractivity contribution in [1.82, 2.24) is 15.6 Å². The first-order valence-corrected chi connectivity index (χ1v) is 7.01. The molecule has 0 saturated heterocycles. The first kappa shape index (κ1) is 15.6. The van der Waals surface area contributed by atoms with E-state index >= 15 is 0 Å². The Balaban J connectivity index is 1.60. The number of carbonyl (C=O) groups excluding carboxylic acids is 1. The Hall–Kier alpha value is -2.83. The van der Waals surface area contributed by atoms with Crippen molar-refractivity contribution in [2.45, 2.75) is 6.42 Å². The van der Waals surface area contributed by atoms with Crippen LogP contribution in [0.25, 0.3) is 0 Å². The number of nitrogens with zero attached hydrogens (tertiary/aromatic N) is 2. The Morgan fingerprint density at radius 3 is 2.82 bits per heavy atom. The second kappa shape index (κ2) is 8.46. The molecule has 2 rings (SSSR count). The van der Waals surface area contributed by atoms with E-state index in [9.17, 15) is 4.79 Å². The zero-order chi connectivity index (χ0) is 15.6. The van der Waals surface area contributed by atoms with Crippen LogP contribution in [0.5, 0.6) is 0 Å². The van der Waals surface area contributed by atoms with Crippen LogP contribution < -0.4 is 16.4 Å². The monoisotopic (exact) mass is 301 g/mol. The molecule has 0 spiro atoms. The molecule has 1 amide bonds. The third-order valence-electron chi connectivity index (χ3n) is 2.84. The summed E-state index contributed by atoms with van der Waals surface area (Å²) in [4.78, 5) is 20.0. The predicted molar refractivity (Wildman–Crippen MR) is 83.5 cm³/mol. The van der Waals surface area contributed by atoms with Gasteiger partial charge in [-0.05, 0) is 24.3 Å². The van der Waals surface area contributed by atoms with E-state index in [0.29, 0.717) is 25.6 Å². The van der Waals surface area contributed by atoms with E-state index in [0.717, 1.165) is 12.1 Å². The fourth-order valence-electron chi connectivity index (χ4n) is 1.75. The zero-order valence-electron chi connectivity index (χ0n) is 12.2. The third-order valence-corrected chi connectivity index (χ3v) is 2.84. The first-order valence-electron chi connectivity index (χ1n) is 7.01. The molecule has 7 nitrogen and oxygen atoms in total. The molecule has 2 heterocycles. The van der Waals surface area contributed by atoms with E-state index < -0.39 is 0 Å². The summed E-state index contributed by atoms with van der Waals surface area (Å²) in [7, 11) is 0. The van der Waals surface area contributed by atoms with Crippen molar-refractivity contribution in [3.05, 3.63) is 54.2 Å². The molecular weight excluding hydrogens is 282 g/mol. The van der Waals surface area contributed by atoms with Crippen LogP contribution in [0.2, 0.25) is 0 Å². The molecule has 22 heavy (non-hydrogen) atoms. The van der Waals surface area contributed by atoms with Gasteiger partial charge in [0.15, 0.2) is 11.7 Å². The van der Waals surface area contributed by atoms with E-state index in [4.69, 9.17) is 10.2 Å². The van der Waals surface area contributed by atoms with Crippen LogP contribution in [0.15, 0.2) is 52.2 Å². The summed E-state index contributed by atoms with van der Waals surface area (Å²) in [5.41, 5.74) is 6.71. The van der Waals surface area contributed by atoms with Crippen LogP contribution in [-0.2, 0) is 6.42 Å². The molecule has 0 saturated carbocycles. The van der Waals surface area contributed by atoms with E-state index in [-0.39, 0.29) is 11.7 Å². The van der Waals surface area contributed by atoms with Gasteiger partial charge in [-0.1, -0.05) is 6.07 Å². The lowest BCUT2D eigenvalue weighted by atomic mass is 10.3. The highest BCUT2D eigenvalue weighted by Crippen LogP contribution is 1.98. The number of nitrogens with one attached hydrogen (secondary N) is 2. The lowest BCUT2D eigenvalue weighted by molar-refractivity contribution is 0.0926. The highest BCUT2D eigenvalue weighted by Gasteiger charge is 2.06. The van der Waals surface area contributed by atoms with Gasteiger partial charge >= 0.3 is 0 Å². The van der Waals surface area contributed by atoms with Gasteiger partial charge in [0.25, 0.3) is 5.91 Å². The number of amides is 1. The highest BCUT2D eigenvalue weighted by molar-refractivity contribution is 5.91. The van der Waals surface area contributed by atoms with Gasteiger partial charge in [-0.2, -0.15) is 0 Å². The van der Waals surface area contributed by atoms with Crippen LogP contribution in [0.3, 0.4) is 0 Å². The lowest BCUT2D eigenvalue weighted by Crippen LogP contribution is -2.38. The minimum Gasteiger partial charge on any atom is -0.459 e. The Morgan fingerprint density at radius 2 is 2.09 bits per heavy atom. The van der Waals surface area contributed by atoms with Gasteiger partial charge in [-0.3, -0.25) is 14.8 Å². The number of hydrogen-bond donors (Lipinski definition) is 3. The van der Waals surface area contributed by atoms with Gasteiger partial charge in [0.1, 0.15) is 0 Å². The standard InChI is InChI=1S/C15H19N5O2/c16-15(19-8-6-12-4-1-2-7-17-12)20-10-9-18-14(21)13-5-3-11-22-13/h1-5,7,11H,6,8-10H2,(H,18,21)(H3,16,19,20). The molecule has 2 aromatic heterocycles. The predicted octanol–water partition coefficient (Wildman–Crippen LogP) is 0.551. The van der Waals surface area contributed by atoms with Crippen LogP contribution in [-0.4, -0.2) is 36.5 Å². The Morgan fingerprint density at radius 1 is 1.23 bits per heavy atom. The van der Waals surface area contributed by atoms with Gasteiger partial charge < -0.3 is 20.8 Å². The van der Waals surface area contributed by atoms with Crippen molar-refractivity contribution in [3.63, 3.8) is 0 Å². The maximum absolute atomic E-state index is 11.6. The summed E-state index contributed by atoms with van der Waals surface area (Å²) < 4.78 is 4.98. The molecule has 0 aliphatic rings. The number of guanidine groups is 1. The smallest absolute Gasteiger partial charge is 0.287 e. The fraction of sp³-hybridized carbons (Fsp3) is 0.267. The van der Waals surface area contributed by atoms with Crippen molar-refractivity contribution < 1.29 is 9.21 Å². The second-order valence-electron chi connectivity index (χ2n) is 4.50. The zero-order valence-corrected chi connectivity index (χ0v) is 12.2. The quantitative estimate of drug-likeness (QED) is 0.393. The van der Waals surface area contributed by atoms with Crippen molar-refractivity contribution in [2.24, 2.45) is 10.7 Å². The summed E-state index contributed by atoms with van der Waals surface area (Å²) in [6.45, 7) is 1.48. The fourth-order valence-corrected chi connectivity index (χ4v) is 1.75. The average Bonchev–Trinajstić information content (AvgIpc) is 3.07. The lowest BCUT2D eigenvalue weighted by Gasteiger charge is -2.06. The van der Waals surface area contributed by atoms with Crippen LogP contribution >= 0.6 is 0 Å². The SMILES string of the molecule is NC(=NCCc1ccccn1)NCCNC(=O)c1ccco1. The number of furan rings is 1. The van der Waals surface area contributed by atoms with Crippen molar-refractivity contribution in [3.8, 4) is 0 Å². The van der Waals surface area contributed by atoms with Gasteiger partial charge in [0.05, 0.1) is 6.26 Å². The molecule has 0 unspecified atom stereocenters. The average molecular weight is 301 g/mol. The maximum atomic E-state index is 11.6. The molecule has 7 heteroatoms. The minimum atomic E-state index is -0.252. The number of hydrogen-bond acceptors (Lipinski definition) is 4. The number of aliphatic imine (C=N–C) groups is 1. The molecule has 2 aromatic rings. The topological polar surface area (TPSA) is 106 Å². The third kappa shape index (κ3) is 5.28. The Labute approximate surface area is 128 Å². The summed E-state index contributed by atoms with van der Waals surface area (Å²) in [6.07, 6.45) is 3.94. The van der Waals surface area contributed by atoms with Gasteiger partial charge in [-0.15, -0.1) is 0 Å². The normalized spacial score (nSPS) is 11.2. The first-order chi connectivity index (χ1) is 10.8. The molecule has 0 atom stereocenters. The van der Waals surface area contributed by atoms with Crippen molar-refractivity contribution >= 4 is 11.9 Å². The second-order valence-corrected chi connectivity index (χ2v) is 4.50. The van der Waals surface area contributed by atoms with Gasteiger partial charge in [0.2, 0.25) is 0 Å². The van der Waals surface area contributed by atoms with Crippen LogP contribution in [0, 0.1) is 0 Å². The summed E-state index contributed by atoms with van der Waals surface area (Å²) in [5.74, 6) is 0.387. The van der Waals surface area contributed by atoms with Gasteiger partial charge in [-0.25, -0.2) is 0 Å². The number of carbonyl (C=O) groups is 1. The van der Waals surface area contributed by atoms with Crippen molar-refractivity contribution in [1.29, 1.82) is 0 Å². The molecule has 4 N–H and O–H groups in total. The summed E-state index contributed by atoms with van der Waals surface area (Å²) >= 11 is 0.